The van der Waals surface area contributed by atoms with Crippen LogP contribution in [-0.4, -0.2) is 40.7 Å². The summed E-state index contributed by atoms with van der Waals surface area (Å²) < 4.78 is 13.8. The van der Waals surface area contributed by atoms with E-state index in [1.165, 1.54) is 6.92 Å². The Morgan fingerprint density at radius 1 is 1.39 bits per heavy atom. The van der Waals surface area contributed by atoms with Gasteiger partial charge in [-0.25, -0.2) is 0 Å². The number of nitrogens with one attached hydrogen (secondary N) is 1. The number of azide groups is 1. The van der Waals surface area contributed by atoms with Crippen LogP contribution in [-0.2, 0) is 19.0 Å². The Hall–Kier alpha value is -0.920. The number of alkyl halides is 3. The molecule has 0 radical (unpaired) electrons. The van der Waals surface area contributed by atoms with Crippen LogP contribution in [0.15, 0.2) is 5.11 Å². The molecule has 130 valence electrons. The Balaban J connectivity index is 2.94. The zero-order valence-electron chi connectivity index (χ0n) is 12.7. The Morgan fingerprint density at radius 2 is 2.00 bits per heavy atom. The molecule has 0 aliphatic carbocycles. The van der Waals surface area contributed by atoms with E-state index in [9.17, 15) is 4.79 Å². The molecule has 1 aliphatic rings. The van der Waals surface area contributed by atoms with Crippen LogP contribution < -0.4 is 0 Å². The van der Waals surface area contributed by atoms with Crippen molar-refractivity contribution in [1.82, 2.24) is 0 Å². The van der Waals surface area contributed by atoms with Gasteiger partial charge >= 0.3 is 5.97 Å². The second kappa shape index (κ2) is 8.26. The fraction of sp³-hybridized carbons (Fsp3) is 0.833. The van der Waals surface area contributed by atoms with Crippen molar-refractivity contribution >= 4 is 46.7 Å². The first-order valence-corrected chi connectivity index (χ1v) is 7.86. The molecule has 11 heteroatoms. The van der Waals surface area contributed by atoms with Crippen LogP contribution in [0.4, 0.5) is 0 Å². The predicted molar refractivity (Wildman–Crippen MR) is 85.7 cm³/mol. The number of hydrogen-bond donors (Lipinski definition) is 1. The van der Waals surface area contributed by atoms with Gasteiger partial charge in [-0.1, -0.05) is 53.8 Å². The lowest BCUT2D eigenvalue weighted by atomic mass is 9.82. The smallest absolute Gasteiger partial charge is 0.302 e. The largest absolute Gasteiger partial charge is 0.463 e. The maximum Gasteiger partial charge on any atom is 0.302 e. The third kappa shape index (κ3) is 5.58. The van der Waals surface area contributed by atoms with Crippen molar-refractivity contribution in [3.8, 4) is 0 Å². The summed E-state index contributed by atoms with van der Waals surface area (Å²) in [5, 5.41) is 11.3. The summed E-state index contributed by atoms with van der Waals surface area (Å²) in [5.41, 5.74) is 8.72. The lowest BCUT2D eigenvalue weighted by Gasteiger charge is -2.42. The van der Waals surface area contributed by atoms with E-state index in [2.05, 4.69) is 10.0 Å². The number of carbonyl (C=O) groups excluding carboxylic acids is 1. The van der Waals surface area contributed by atoms with Crippen LogP contribution in [0.25, 0.3) is 10.4 Å². The SMILES string of the molecule is CC(=O)OCC1O[C@@H](OC(=N)C(Cl)(Cl)Cl)C(N=[N+]=[N-])[C@@H](C)[C@H]1C. The van der Waals surface area contributed by atoms with E-state index in [4.69, 9.17) is 60.0 Å². The highest BCUT2D eigenvalue weighted by atomic mass is 35.6. The van der Waals surface area contributed by atoms with Gasteiger partial charge < -0.3 is 14.2 Å². The molecule has 2 unspecified atom stereocenters. The zero-order valence-corrected chi connectivity index (χ0v) is 15.0. The lowest BCUT2D eigenvalue weighted by Crippen LogP contribution is -2.52. The van der Waals surface area contributed by atoms with E-state index in [1.54, 1.807) is 0 Å². The van der Waals surface area contributed by atoms with E-state index >= 15 is 0 Å². The van der Waals surface area contributed by atoms with E-state index in [1.807, 2.05) is 13.8 Å². The van der Waals surface area contributed by atoms with Gasteiger partial charge in [0.2, 0.25) is 12.2 Å². The van der Waals surface area contributed by atoms with Crippen molar-refractivity contribution in [2.75, 3.05) is 6.61 Å². The molecule has 8 nitrogen and oxygen atoms in total. The number of ether oxygens (including phenoxy) is 3. The summed E-state index contributed by atoms with van der Waals surface area (Å²) in [4.78, 5) is 13.7. The van der Waals surface area contributed by atoms with Gasteiger partial charge in [0.15, 0.2) is 0 Å². The summed E-state index contributed by atoms with van der Waals surface area (Å²) in [6, 6.07) is -0.726. The van der Waals surface area contributed by atoms with Crippen molar-refractivity contribution < 1.29 is 19.0 Å². The molecule has 5 atom stereocenters. The zero-order chi connectivity index (χ0) is 17.8. The van der Waals surface area contributed by atoms with Crippen LogP contribution in [0.1, 0.15) is 20.8 Å². The van der Waals surface area contributed by atoms with Gasteiger partial charge in [-0.3, -0.25) is 10.2 Å². The summed E-state index contributed by atoms with van der Waals surface area (Å²) in [6.07, 6.45) is -1.63. The molecule has 1 rings (SSSR count). The maximum absolute atomic E-state index is 11.0. The van der Waals surface area contributed by atoms with E-state index in [-0.39, 0.29) is 18.4 Å². The quantitative estimate of drug-likeness (QED) is 0.151. The third-order valence-electron chi connectivity index (χ3n) is 3.67. The number of rotatable bonds is 4. The normalized spacial score (nSPS) is 31.0. The molecule has 23 heavy (non-hydrogen) atoms. The molecule has 0 saturated carbocycles. The second-order valence-corrected chi connectivity index (χ2v) is 7.49. The number of hydrogen-bond acceptors (Lipinski definition) is 6. The highest BCUT2D eigenvalue weighted by Gasteiger charge is 2.44. The minimum Gasteiger partial charge on any atom is -0.463 e. The molecule has 1 saturated heterocycles. The van der Waals surface area contributed by atoms with Crippen LogP contribution in [0.2, 0.25) is 0 Å². The number of esters is 1. The summed E-state index contributed by atoms with van der Waals surface area (Å²) >= 11 is 16.8. The summed E-state index contributed by atoms with van der Waals surface area (Å²) in [6.45, 7) is 4.99. The van der Waals surface area contributed by atoms with Gasteiger partial charge in [-0.05, 0) is 17.4 Å². The molecular weight excluding hydrogens is 371 g/mol. The molecule has 0 aromatic carbocycles. The molecule has 1 aliphatic heterocycles. The Kier molecular flexibility index (Phi) is 7.23. The molecule has 0 amide bonds. The van der Waals surface area contributed by atoms with Gasteiger partial charge in [-0.2, -0.15) is 0 Å². The van der Waals surface area contributed by atoms with Gasteiger partial charge in [0, 0.05) is 11.8 Å². The Morgan fingerprint density at radius 3 is 2.48 bits per heavy atom. The minimum atomic E-state index is -2.07. The molecule has 0 aromatic rings. The van der Waals surface area contributed by atoms with Gasteiger partial charge in [0.25, 0.3) is 3.79 Å². The fourth-order valence-electron chi connectivity index (χ4n) is 2.16. The molecule has 0 aromatic heterocycles. The van der Waals surface area contributed by atoms with E-state index < -0.39 is 34.1 Å². The average Bonchev–Trinajstić information content (AvgIpc) is 2.44. The van der Waals surface area contributed by atoms with Gasteiger partial charge in [-0.15, -0.1) is 0 Å². The molecule has 0 spiro atoms. The molecule has 0 bridgehead atoms. The monoisotopic (exact) mass is 386 g/mol. The lowest BCUT2D eigenvalue weighted by molar-refractivity contribution is -0.212. The fourth-order valence-corrected chi connectivity index (χ4v) is 2.30. The number of carbonyl (C=O) groups is 1. The third-order valence-corrected chi connectivity index (χ3v) is 4.18. The van der Waals surface area contributed by atoms with Crippen LogP contribution in [0, 0.1) is 17.2 Å². The average molecular weight is 388 g/mol. The van der Waals surface area contributed by atoms with E-state index in [0.717, 1.165) is 0 Å². The summed E-state index contributed by atoms with van der Waals surface area (Å²) in [5.74, 6) is -1.37. The second-order valence-electron chi connectivity index (χ2n) is 5.20. The molecular formula is C12H17Cl3N4O4. The highest BCUT2D eigenvalue weighted by molar-refractivity contribution is 6.76. The topological polar surface area (TPSA) is 117 Å². The van der Waals surface area contributed by atoms with Crippen LogP contribution in [0.3, 0.4) is 0 Å². The van der Waals surface area contributed by atoms with Crippen molar-refractivity contribution in [2.45, 2.75) is 43.0 Å². The molecule has 1 fully saturated rings. The molecule has 1 heterocycles. The maximum atomic E-state index is 11.0. The standard InChI is InChI=1S/C12H17Cl3N4O4/c1-5-6(2)9(18-19-17)10(23-11(16)12(13,14)15)22-8(5)4-21-7(3)20/h5-6,8-10,16H,4H2,1-3H3/t5-,6+,8?,9?,10+/m1/s1. The van der Waals surface area contributed by atoms with E-state index in [0.29, 0.717) is 0 Å². The van der Waals surface area contributed by atoms with Crippen molar-refractivity contribution in [3.05, 3.63) is 10.4 Å². The first-order valence-electron chi connectivity index (χ1n) is 6.73. The van der Waals surface area contributed by atoms with Crippen LogP contribution in [0.5, 0.6) is 0 Å². The number of halogens is 3. The first-order chi connectivity index (χ1) is 10.6. The van der Waals surface area contributed by atoms with Gasteiger partial charge in [0.05, 0.1) is 6.10 Å². The highest BCUT2D eigenvalue weighted by Crippen LogP contribution is 2.36. The number of nitrogens with zero attached hydrogens (tertiary/aromatic N) is 3. The minimum absolute atomic E-state index is 0.00475. The summed E-state index contributed by atoms with van der Waals surface area (Å²) in [7, 11) is 0. The predicted octanol–water partition coefficient (Wildman–Crippen LogP) is 3.59. The van der Waals surface area contributed by atoms with Crippen molar-refractivity contribution in [3.63, 3.8) is 0 Å². The van der Waals surface area contributed by atoms with Crippen molar-refractivity contribution in [2.24, 2.45) is 17.0 Å². The molecule has 1 N–H and O–H groups in total. The van der Waals surface area contributed by atoms with Gasteiger partial charge in [0.1, 0.15) is 12.6 Å². The van der Waals surface area contributed by atoms with Crippen LogP contribution >= 0.6 is 34.8 Å². The first kappa shape index (κ1) is 20.1. The van der Waals surface area contributed by atoms with Crippen molar-refractivity contribution in [1.29, 1.82) is 5.41 Å². The Bertz CT molecular complexity index is 507. The Labute approximate surface area is 148 Å².